The Morgan fingerprint density at radius 2 is 2.04 bits per heavy atom. The van der Waals surface area contributed by atoms with E-state index >= 15 is 0 Å². The smallest absolute Gasteiger partial charge is 0.277 e. The van der Waals surface area contributed by atoms with Crippen molar-refractivity contribution >= 4 is 33.6 Å². The van der Waals surface area contributed by atoms with Crippen molar-refractivity contribution in [1.29, 1.82) is 5.26 Å². The van der Waals surface area contributed by atoms with Gasteiger partial charge in [-0.15, -0.1) is 11.3 Å². The van der Waals surface area contributed by atoms with E-state index in [0.29, 0.717) is 22.2 Å². The fraction of sp³-hybridized carbons (Fsp3) is 0.409. The average Bonchev–Trinajstić information content (AvgIpc) is 3.11. The van der Waals surface area contributed by atoms with E-state index in [1.54, 1.807) is 23.3 Å². The number of likely N-dealkylation sites (N-methyl/N-ethyl adjacent to an activating group) is 1. The van der Waals surface area contributed by atoms with Crippen LogP contribution in [0.3, 0.4) is 0 Å². The zero-order valence-corrected chi connectivity index (χ0v) is 17.0. The monoisotopic (exact) mass is 377 g/mol. The SMILES string of the molecule is CN1C(=O)C(=Nc2sc3c(c2C#N)CC[C@@H](C(C)(C)C)C3)c2ccccc21. The molecule has 0 bridgehead atoms. The molecule has 1 aliphatic heterocycles. The third-order valence-corrected chi connectivity index (χ3v) is 6.97. The summed E-state index contributed by atoms with van der Waals surface area (Å²) in [5.74, 6) is 0.495. The zero-order chi connectivity index (χ0) is 19.3. The number of hydrogen-bond donors (Lipinski definition) is 0. The quantitative estimate of drug-likeness (QED) is 0.712. The van der Waals surface area contributed by atoms with E-state index in [9.17, 15) is 10.1 Å². The molecule has 0 unspecified atom stereocenters. The summed E-state index contributed by atoms with van der Waals surface area (Å²) >= 11 is 1.59. The van der Waals surface area contributed by atoms with E-state index in [0.717, 1.165) is 36.1 Å². The predicted molar refractivity (Wildman–Crippen MR) is 110 cm³/mol. The standard InChI is InChI=1S/C22H23N3OS/c1-22(2,3)13-9-10-14-16(12-23)20(27-18(14)11-13)24-19-15-7-5-6-8-17(15)25(4)21(19)26/h5-8,13H,9-11H2,1-4H3/t13-/m1/s1. The molecular weight excluding hydrogens is 354 g/mol. The first-order chi connectivity index (χ1) is 12.8. The van der Waals surface area contributed by atoms with Gasteiger partial charge >= 0.3 is 0 Å². The highest BCUT2D eigenvalue weighted by Crippen LogP contribution is 2.45. The van der Waals surface area contributed by atoms with Crippen LogP contribution in [0.25, 0.3) is 0 Å². The number of amides is 1. The van der Waals surface area contributed by atoms with Crippen molar-refractivity contribution in [3.8, 4) is 6.07 Å². The molecule has 0 saturated heterocycles. The molecule has 1 amide bonds. The van der Waals surface area contributed by atoms with Gasteiger partial charge in [0, 0.05) is 17.5 Å². The molecule has 138 valence electrons. The van der Waals surface area contributed by atoms with Crippen LogP contribution in [-0.2, 0) is 17.6 Å². The Balaban J connectivity index is 1.79. The lowest BCUT2D eigenvalue weighted by molar-refractivity contribution is -0.111. The summed E-state index contributed by atoms with van der Waals surface area (Å²) in [6, 6.07) is 10.0. The molecule has 0 spiro atoms. The predicted octanol–water partition coefficient (Wildman–Crippen LogP) is 4.87. The first kappa shape index (κ1) is 17.9. The van der Waals surface area contributed by atoms with Crippen LogP contribution in [0.5, 0.6) is 0 Å². The second kappa shape index (κ2) is 6.31. The first-order valence-corrected chi connectivity index (χ1v) is 10.1. The minimum atomic E-state index is -0.112. The van der Waals surface area contributed by atoms with E-state index in [2.05, 4.69) is 26.8 Å². The summed E-state index contributed by atoms with van der Waals surface area (Å²) in [5, 5.41) is 10.5. The molecule has 2 aliphatic rings. The van der Waals surface area contributed by atoms with Crippen molar-refractivity contribution in [2.45, 2.75) is 40.0 Å². The molecule has 4 nitrogen and oxygen atoms in total. The fourth-order valence-electron chi connectivity index (χ4n) is 4.06. The van der Waals surface area contributed by atoms with Crippen molar-refractivity contribution < 1.29 is 4.79 Å². The summed E-state index contributed by atoms with van der Waals surface area (Å²) in [5.41, 5.74) is 4.21. The van der Waals surface area contributed by atoms with Gasteiger partial charge in [-0.25, -0.2) is 4.99 Å². The van der Waals surface area contributed by atoms with Crippen molar-refractivity contribution in [2.24, 2.45) is 16.3 Å². The van der Waals surface area contributed by atoms with Crippen LogP contribution in [-0.4, -0.2) is 18.7 Å². The molecule has 1 atom stereocenters. The number of para-hydroxylation sites is 1. The van der Waals surface area contributed by atoms with Crippen LogP contribution < -0.4 is 4.90 Å². The molecule has 1 aliphatic carbocycles. The minimum Gasteiger partial charge on any atom is -0.309 e. The van der Waals surface area contributed by atoms with Gasteiger partial charge in [0.2, 0.25) is 0 Å². The number of aliphatic imine (C=N–C) groups is 1. The second-order valence-electron chi connectivity index (χ2n) is 8.44. The van der Waals surface area contributed by atoms with Gasteiger partial charge in [-0.3, -0.25) is 4.79 Å². The Labute approximate surface area is 164 Å². The molecule has 1 aromatic heterocycles. The maximum Gasteiger partial charge on any atom is 0.277 e. The maximum absolute atomic E-state index is 12.7. The highest BCUT2D eigenvalue weighted by molar-refractivity contribution is 7.16. The van der Waals surface area contributed by atoms with E-state index < -0.39 is 0 Å². The number of nitrogens with zero attached hydrogens (tertiary/aromatic N) is 3. The van der Waals surface area contributed by atoms with Crippen LogP contribution in [0.4, 0.5) is 10.7 Å². The average molecular weight is 378 g/mol. The Bertz CT molecular complexity index is 1000. The first-order valence-electron chi connectivity index (χ1n) is 9.32. The number of hydrogen-bond acceptors (Lipinski definition) is 4. The number of carbonyl (C=O) groups excluding carboxylic acids is 1. The molecule has 0 saturated carbocycles. The number of benzene rings is 1. The third kappa shape index (κ3) is 2.89. The molecule has 4 rings (SSSR count). The van der Waals surface area contributed by atoms with Crippen LogP contribution in [0.2, 0.25) is 0 Å². The number of carbonyl (C=O) groups is 1. The van der Waals surface area contributed by atoms with Crippen molar-refractivity contribution in [1.82, 2.24) is 0 Å². The van der Waals surface area contributed by atoms with Gasteiger partial charge in [0.25, 0.3) is 5.91 Å². The largest absolute Gasteiger partial charge is 0.309 e. The Hall–Kier alpha value is -2.45. The van der Waals surface area contributed by atoms with Gasteiger partial charge < -0.3 is 4.90 Å². The number of rotatable bonds is 1. The van der Waals surface area contributed by atoms with Gasteiger partial charge in [0.15, 0.2) is 0 Å². The Morgan fingerprint density at radius 3 is 2.74 bits per heavy atom. The third-order valence-electron chi connectivity index (χ3n) is 5.82. The van der Waals surface area contributed by atoms with Gasteiger partial charge in [-0.2, -0.15) is 5.26 Å². The number of thiophene rings is 1. The van der Waals surface area contributed by atoms with Gasteiger partial charge in [0.1, 0.15) is 16.8 Å². The molecule has 2 heterocycles. The molecule has 0 fully saturated rings. The summed E-state index contributed by atoms with van der Waals surface area (Å²) in [6.07, 6.45) is 3.02. The van der Waals surface area contributed by atoms with Crippen molar-refractivity contribution in [3.63, 3.8) is 0 Å². The lowest BCUT2D eigenvalue weighted by Crippen LogP contribution is -2.26. The molecule has 27 heavy (non-hydrogen) atoms. The Morgan fingerprint density at radius 1 is 1.30 bits per heavy atom. The lowest BCUT2D eigenvalue weighted by atomic mass is 9.72. The topological polar surface area (TPSA) is 56.5 Å². The molecule has 2 aromatic rings. The Kier molecular flexibility index (Phi) is 4.20. The number of nitriles is 1. The van der Waals surface area contributed by atoms with Crippen molar-refractivity contribution in [2.75, 3.05) is 11.9 Å². The molecule has 1 aromatic carbocycles. The molecule has 5 heteroatoms. The van der Waals surface area contributed by atoms with Gasteiger partial charge in [-0.05, 0) is 42.2 Å². The highest BCUT2D eigenvalue weighted by Gasteiger charge is 2.34. The molecule has 0 radical (unpaired) electrons. The maximum atomic E-state index is 12.7. The van der Waals surface area contributed by atoms with E-state index in [4.69, 9.17) is 4.99 Å². The lowest BCUT2D eigenvalue weighted by Gasteiger charge is -2.33. The summed E-state index contributed by atoms with van der Waals surface area (Å²) in [4.78, 5) is 20.3. The zero-order valence-electron chi connectivity index (χ0n) is 16.2. The minimum absolute atomic E-state index is 0.112. The van der Waals surface area contributed by atoms with Gasteiger partial charge in [-0.1, -0.05) is 39.0 Å². The highest BCUT2D eigenvalue weighted by atomic mass is 32.1. The van der Waals surface area contributed by atoms with Crippen molar-refractivity contribution in [3.05, 3.63) is 45.8 Å². The van der Waals surface area contributed by atoms with Crippen LogP contribution >= 0.6 is 11.3 Å². The van der Waals surface area contributed by atoms with Crippen LogP contribution in [0.1, 0.15) is 48.8 Å². The summed E-state index contributed by atoms with van der Waals surface area (Å²) < 4.78 is 0. The van der Waals surface area contributed by atoms with E-state index in [1.165, 1.54) is 4.88 Å². The van der Waals surface area contributed by atoms with Crippen LogP contribution in [0.15, 0.2) is 29.3 Å². The van der Waals surface area contributed by atoms with E-state index in [-0.39, 0.29) is 11.3 Å². The molecule has 0 N–H and O–H groups in total. The second-order valence-corrected chi connectivity index (χ2v) is 9.53. The fourth-order valence-corrected chi connectivity index (χ4v) is 5.32. The molecular formula is C22H23N3OS. The normalized spacial score (nSPS) is 20.6. The number of anilines is 1. The van der Waals surface area contributed by atoms with Gasteiger partial charge in [0.05, 0.1) is 11.3 Å². The number of fused-ring (bicyclic) bond motifs is 2. The van der Waals surface area contributed by atoms with E-state index in [1.807, 2.05) is 24.3 Å². The van der Waals surface area contributed by atoms with Crippen LogP contribution in [0, 0.1) is 22.7 Å². The summed E-state index contributed by atoms with van der Waals surface area (Å²) in [7, 11) is 1.77. The summed E-state index contributed by atoms with van der Waals surface area (Å²) in [6.45, 7) is 6.85.